The van der Waals surface area contributed by atoms with Crippen molar-refractivity contribution in [3.8, 4) is 5.75 Å². The molecule has 0 aromatic heterocycles. The van der Waals surface area contributed by atoms with E-state index >= 15 is 0 Å². The van der Waals surface area contributed by atoms with E-state index in [9.17, 15) is 8.42 Å². The lowest BCUT2D eigenvalue weighted by Crippen LogP contribution is -2.48. The fourth-order valence-corrected chi connectivity index (χ4v) is 5.39. The normalized spacial score (nSPS) is 15.7. The first-order valence-electron chi connectivity index (χ1n) is 9.71. The Morgan fingerprint density at radius 1 is 1.03 bits per heavy atom. The number of sulfonamides is 1. The van der Waals surface area contributed by atoms with E-state index in [4.69, 9.17) is 27.9 Å². The molecular weight excluding hydrogens is 431 g/mol. The van der Waals surface area contributed by atoms with Gasteiger partial charge in [0.2, 0.25) is 10.0 Å². The third kappa shape index (κ3) is 4.82. The number of piperazine rings is 1. The van der Waals surface area contributed by atoms with Crippen LogP contribution in [0.1, 0.15) is 32.3 Å². The van der Waals surface area contributed by atoms with Gasteiger partial charge in [0.05, 0.1) is 17.3 Å². The van der Waals surface area contributed by atoms with Crippen molar-refractivity contribution in [2.45, 2.75) is 31.6 Å². The smallest absolute Gasteiger partial charge is 0.246 e. The molecule has 0 bridgehead atoms. The van der Waals surface area contributed by atoms with Gasteiger partial charge in [0.1, 0.15) is 10.6 Å². The first kappa shape index (κ1) is 22.2. The minimum atomic E-state index is -3.67. The Morgan fingerprint density at radius 3 is 2.34 bits per heavy atom. The number of ether oxygens (including phenoxy) is 1. The lowest BCUT2D eigenvalue weighted by Gasteiger charge is -2.36. The zero-order valence-electron chi connectivity index (χ0n) is 16.9. The number of rotatable bonds is 6. The summed E-state index contributed by atoms with van der Waals surface area (Å²) in [4.78, 5) is 2.30. The third-order valence-electron chi connectivity index (χ3n) is 5.04. The van der Waals surface area contributed by atoms with Crippen LogP contribution >= 0.6 is 23.2 Å². The summed E-state index contributed by atoms with van der Waals surface area (Å²) in [6.45, 7) is 8.13. The van der Waals surface area contributed by atoms with Crippen LogP contribution in [-0.2, 0) is 10.0 Å². The Bertz CT molecular complexity index is 972. The average molecular weight is 457 g/mol. The molecule has 29 heavy (non-hydrogen) atoms. The molecule has 0 atom stereocenters. The molecular formula is C21H26Cl2N2O3S. The first-order chi connectivity index (χ1) is 13.7. The number of anilines is 1. The van der Waals surface area contributed by atoms with Crippen LogP contribution in [0, 0.1) is 0 Å². The van der Waals surface area contributed by atoms with E-state index in [1.807, 2.05) is 32.9 Å². The van der Waals surface area contributed by atoms with Crippen LogP contribution in [0.3, 0.4) is 0 Å². The van der Waals surface area contributed by atoms with E-state index in [1.165, 1.54) is 4.31 Å². The summed E-state index contributed by atoms with van der Waals surface area (Å²) in [6, 6.07) is 10.7. The number of hydrogen-bond acceptors (Lipinski definition) is 4. The number of halogens is 2. The molecule has 8 heteroatoms. The lowest BCUT2D eigenvalue weighted by molar-refractivity contribution is 0.327. The van der Waals surface area contributed by atoms with Crippen LogP contribution < -0.4 is 9.64 Å². The SMILES string of the molecule is CCOc1ccc(C(C)C)cc1S(=O)(=O)N1CCN(c2cc(Cl)ccc2Cl)CC1. The van der Waals surface area contributed by atoms with Gasteiger partial charge in [-0.15, -0.1) is 0 Å². The van der Waals surface area contributed by atoms with Crippen molar-refractivity contribution in [1.82, 2.24) is 4.31 Å². The molecule has 0 aliphatic carbocycles. The highest BCUT2D eigenvalue weighted by atomic mass is 35.5. The van der Waals surface area contributed by atoms with Crippen LogP contribution in [0.15, 0.2) is 41.3 Å². The second kappa shape index (κ2) is 9.13. The van der Waals surface area contributed by atoms with Crippen molar-refractivity contribution in [1.29, 1.82) is 0 Å². The first-order valence-corrected chi connectivity index (χ1v) is 11.9. The highest BCUT2D eigenvalue weighted by Crippen LogP contribution is 2.33. The number of hydrogen-bond donors (Lipinski definition) is 0. The summed E-state index contributed by atoms with van der Waals surface area (Å²) >= 11 is 12.4. The van der Waals surface area contributed by atoms with Crippen molar-refractivity contribution in [2.24, 2.45) is 0 Å². The summed E-state index contributed by atoms with van der Waals surface area (Å²) in [6.07, 6.45) is 0. The Morgan fingerprint density at radius 2 is 1.72 bits per heavy atom. The van der Waals surface area contributed by atoms with Crippen LogP contribution in [0.2, 0.25) is 10.0 Å². The molecule has 1 saturated heterocycles. The van der Waals surface area contributed by atoms with Gasteiger partial charge < -0.3 is 9.64 Å². The van der Waals surface area contributed by atoms with Gasteiger partial charge in [-0.2, -0.15) is 4.31 Å². The second-order valence-electron chi connectivity index (χ2n) is 7.28. The molecule has 0 saturated carbocycles. The molecule has 1 aliphatic heterocycles. The lowest BCUT2D eigenvalue weighted by atomic mass is 10.0. The minimum absolute atomic E-state index is 0.224. The topological polar surface area (TPSA) is 49.9 Å². The fourth-order valence-electron chi connectivity index (χ4n) is 3.40. The Balaban J connectivity index is 1.84. The standard InChI is InChI=1S/C21H26Cl2N2O3S/c1-4-28-20-8-5-16(15(2)3)13-21(20)29(26,27)25-11-9-24(10-12-25)19-14-17(22)6-7-18(19)23/h5-8,13-15H,4,9-12H2,1-3H3. The number of nitrogens with zero attached hydrogens (tertiary/aromatic N) is 2. The van der Waals surface area contributed by atoms with Gasteiger partial charge in [-0.3, -0.25) is 0 Å². The molecule has 0 unspecified atom stereocenters. The van der Waals surface area contributed by atoms with Gasteiger partial charge in [-0.1, -0.05) is 43.1 Å². The molecule has 0 N–H and O–H groups in total. The zero-order chi connectivity index (χ0) is 21.2. The summed E-state index contributed by atoms with van der Waals surface area (Å²) in [7, 11) is -3.67. The summed E-state index contributed by atoms with van der Waals surface area (Å²) in [5.41, 5.74) is 1.80. The van der Waals surface area contributed by atoms with E-state index in [0.29, 0.717) is 48.6 Å². The quantitative estimate of drug-likeness (QED) is 0.611. The maximum Gasteiger partial charge on any atom is 0.246 e. The summed E-state index contributed by atoms with van der Waals surface area (Å²) in [5.74, 6) is 0.624. The molecule has 5 nitrogen and oxygen atoms in total. The van der Waals surface area contributed by atoms with Crippen LogP contribution in [0.25, 0.3) is 0 Å². The van der Waals surface area contributed by atoms with Crippen molar-refractivity contribution in [3.63, 3.8) is 0 Å². The van der Waals surface area contributed by atoms with Gasteiger partial charge in [-0.05, 0) is 48.7 Å². The van der Waals surface area contributed by atoms with Crippen LogP contribution in [0.4, 0.5) is 5.69 Å². The molecule has 158 valence electrons. The largest absolute Gasteiger partial charge is 0.492 e. The monoisotopic (exact) mass is 456 g/mol. The van der Waals surface area contributed by atoms with Crippen molar-refractivity contribution in [3.05, 3.63) is 52.0 Å². The van der Waals surface area contributed by atoms with E-state index in [0.717, 1.165) is 11.3 Å². The highest BCUT2D eigenvalue weighted by Gasteiger charge is 2.32. The van der Waals surface area contributed by atoms with Gasteiger partial charge in [0, 0.05) is 31.2 Å². The van der Waals surface area contributed by atoms with Crippen LogP contribution in [-0.4, -0.2) is 45.5 Å². The minimum Gasteiger partial charge on any atom is -0.492 e. The molecule has 3 rings (SSSR count). The molecule has 0 radical (unpaired) electrons. The summed E-state index contributed by atoms with van der Waals surface area (Å²) < 4.78 is 33.9. The molecule has 1 heterocycles. The van der Waals surface area contributed by atoms with Gasteiger partial charge in [0.25, 0.3) is 0 Å². The third-order valence-corrected chi connectivity index (χ3v) is 7.51. The van der Waals surface area contributed by atoms with Crippen LogP contribution in [0.5, 0.6) is 5.75 Å². The molecule has 0 spiro atoms. The Kier molecular flexibility index (Phi) is 6.99. The van der Waals surface area contributed by atoms with Crippen molar-refractivity contribution in [2.75, 3.05) is 37.7 Å². The molecule has 2 aromatic carbocycles. The zero-order valence-corrected chi connectivity index (χ0v) is 19.2. The van der Waals surface area contributed by atoms with Crippen molar-refractivity contribution < 1.29 is 13.2 Å². The molecule has 0 amide bonds. The Hall–Kier alpha value is -1.47. The molecule has 1 aliphatic rings. The molecule has 1 fully saturated rings. The predicted octanol–water partition coefficient (Wildman–Crippen LogP) is 5.03. The maximum atomic E-state index is 13.4. The molecule has 2 aromatic rings. The fraction of sp³-hybridized carbons (Fsp3) is 0.429. The van der Waals surface area contributed by atoms with Crippen molar-refractivity contribution >= 4 is 38.9 Å². The average Bonchev–Trinajstić information content (AvgIpc) is 2.70. The second-order valence-corrected chi connectivity index (χ2v) is 10.0. The summed E-state index contributed by atoms with van der Waals surface area (Å²) in [5, 5.41) is 1.21. The van der Waals surface area contributed by atoms with Gasteiger partial charge >= 0.3 is 0 Å². The van der Waals surface area contributed by atoms with E-state index in [2.05, 4.69) is 4.90 Å². The van der Waals surface area contributed by atoms with Gasteiger partial charge in [-0.25, -0.2) is 8.42 Å². The number of benzene rings is 2. The maximum absolute atomic E-state index is 13.4. The Labute approximate surface area is 183 Å². The van der Waals surface area contributed by atoms with E-state index in [1.54, 1.807) is 24.3 Å². The van der Waals surface area contributed by atoms with E-state index < -0.39 is 10.0 Å². The predicted molar refractivity (Wildman–Crippen MR) is 119 cm³/mol. The van der Waals surface area contributed by atoms with E-state index in [-0.39, 0.29) is 10.8 Å². The highest BCUT2D eigenvalue weighted by molar-refractivity contribution is 7.89. The van der Waals surface area contributed by atoms with Gasteiger partial charge in [0.15, 0.2) is 0 Å².